The van der Waals surface area contributed by atoms with Crippen molar-refractivity contribution < 1.29 is 9.59 Å². The van der Waals surface area contributed by atoms with Crippen LogP contribution < -0.4 is 5.32 Å². The molecule has 2 aliphatic carbocycles. The number of carbonyl (C=O) groups is 2. The molecule has 30 heavy (non-hydrogen) atoms. The van der Waals surface area contributed by atoms with Gasteiger partial charge < -0.3 is 5.32 Å². The summed E-state index contributed by atoms with van der Waals surface area (Å²) in [6.07, 6.45) is 7.25. The smallest absolute Gasteiger partial charge is 0.229 e. The number of hydrogen-bond donors (Lipinski definition) is 1. The number of anilines is 1. The van der Waals surface area contributed by atoms with Crippen LogP contribution in [0.4, 0.5) is 5.82 Å². The summed E-state index contributed by atoms with van der Waals surface area (Å²) < 4.78 is 0. The lowest BCUT2D eigenvalue weighted by molar-refractivity contribution is -0.120. The molecule has 1 aromatic carbocycles. The number of hydrogen-bond acceptors (Lipinski definition) is 4. The van der Waals surface area contributed by atoms with Crippen molar-refractivity contribution >= 4 is 39.9 Å². The molecule has 0 radical (unpaired) electrons. The molecule has 2 aliphatic rings. The fraction of sp³-hybridized carbons (Fsp3) is 0.333. The fourth-order valence-corrected chi connectivity index (χ4v) is 4.77. The lowest BCUT2D eigenvalue weighted by Gasteiger charge is -2.22. The van der Waals surface area contributed by atoms with Gasteiger partial charge in [-0.2, -0.15) is 0 Å². The Morgan fingerprint density at radius 2 is 1.90 bits per heavy atom. The minimum absolute atomic E-state index is 0.0162. The van der Waals surface area contributed by atoms with Crippen LogP contribution in [0.1, 0.15) is 55.2 Å². The number of fused-ring (bicyclic) bond motifs is 1. The molecule has 1 unspecified atom stereocenters. The standard InChI is InChI=1S/C24H22ClN3O2/c25-21-10-16-13-27-23(11-15(16)9-18(21)14-4-6-17(29)7-5-14)28-24(30)20-12-19(20)22-3-1-2-8-26-22/h1-3,8-11,13-14,19-20H,4-7,12H2,(H,27,28,30)/t19?,20-/m1/s1. The first-order valence-corrected chi connectivity index (χ1v) is 10.8. The molecule has 1 amide bonds. The molecule has 5 rings (SSSR count). The van der Waals surface area contributed by atoms with Crippen molar-refractivity contribution in [3.63, 3.8) is 0 Å². The molecule has 5 nitrogen and oxygen atoms in total. The Bertz CT molecular complexity index is 1120. The Labute approximate surface area is 179 Å². The van der Waals surface area contributed by atoms with Crippen molar-refractivity contribution in [2.45, 2.75) is 43.9 Å². The first-order chi connectivity index (χ1) is 14.6. The molecule has 0 saturated heterocycles. The zero-order chi connectivity index (χ0) is 20.7. The van der Waals surface area contributed by atoms with E-state index < -0.39 is 0 Å². The maximum absolute atomic E-state index is 12.7. The molecule has 0 aliphatic heterocycles. The zero-order valence-corrected chi connectivity index (χ0v) is 17.2. The van der Waals surface area contributed by atoms with E-state index in [4.69, 9.17) is 11.6 Å². The minimum Gasteiger partial charge on any atom is -0.310 e. The monoisotopic (exact) mass is 419 g/mol. The molecule has 2 fully saturated rings. The van der Waals surface area contributed by atoms with Crippen molar-refractivity contribution in [3.8, 4) is 0 Å². The number of nitrogens with zero attached hydrogens (tertiary/aromatic N) is 2. The number of Topliss-reactive ketones (excluding diaryl/α,β-unsaturated/α-hetero) is 1. The van der Waals surface area contributed by atoms with Crippen molar-refractivity contribution in [3.05, 3.63) is 65.1 Å². The van der Waals surface area contributed by atoms with Crippen LogP contribution in [0.5, 0.6) is 0 Å². The molecule has 2 saturated carbocycles. The summed E-state index contributed by atoms with van der Waals surface area (Å²) in [6, 6.07) is 11.7. The predicted molar refractivity (Wildman–Crippen MR) is 117 cm³/mol. The summed E-state index contributed by atoms with van der Waals surface area (Å²) in [5, 5.41) is 5.61. The minimum atomic E-state index is -0.0575. The molecule has 0 spiro atoms. The summed E-state index contributed by atoms with van der Waals surface area (Å²) in [4.78, 5) is 33.0. The Hall–Kier alpha value is -2.79. The van der Waals surface area contributed by atoms with Crippen LogP contribution in [0.15, 0.2) is 48.8 Å². The van der Waals surface area contributed by atoms with E-state index >= 15 is 0 Å². The van der Waals surface area contributed by atoms with Crippen LogP contribution in [-0.4, -0.2) is 21.7 Å². The van der Waals surface area contributed by atoms with Crippen LogP contribution >= 0.6 is 11.6 Å². The molecule has 0 bridgehead atoms. The number of amides is 1. The van der Waals surface area contributed by atoms with Gasteiger partial charge in [-0.05, 0) is 66.5 Å². The maximum Gasteiger partial charge on any atom is 0.229 e. The molecule has 3 aromatic rings. The third-order valence-corrected chi connectivity index (χ3v) is 6.59. The van der Waals surface area contributed by atoms with Gasteiger partial charge in [0.15, 0.2) is 0 Å². The second kappa shape index (κ2) is 7.80. The number of carbonyl (C=O) groups excluding carboxylic acids is 2. The van der Waals surface area contributed by atoms with Gasteiger partial charge in [-0.25, -0.2) is 4.98 Å². The Morgan fingerprint density at radius 1 is 1.07 bits per heavy atom. The molecule has 6 heteroatoms. The van der Waals surface area contributed by atoms with E-state index in [-0.39, 0.29) is 17.7 Å². The molecule has 2 aromatic heterocycles. The van der Waals surface area contributed by atoms with E-state index in [1.165, 1.54) is 0 Å². The first-order valence-electron chi connectivity index (χ1n) is 10.4. The normalized spacial score (nSPS) is 21.6. The van der Waals surface area contributed by atoms with Gasteiger partial charge in [-0.1, -0.05) is 17.7 Å². The second-order valence-electron chi connectivity index (χ2n) is 8.30. The van der Waals surface area contributed by atoms with Gasteiger partial charge in [0, 0.05) is 53.2 Å². The van der Waals surface area contributed by atoms with Crippen LogP contribution in [0.3, 0.4) is 0 Å². The quantitative estimate of drug-likeness (QED) is 0.626. The maximum atomic E-state index is 12.7. The lowest BCUT2D eigenvalue weighted by atomic mass is 9.83. The summed E-state index contributed by atoms with van der Waals surface area (Å²) in [7, 11) is 0. The van der Waals surface area contributed by atoms with Gasteiger partial charge in [0.1, 0.15) is 11.6 Å². The summed E-state index contributed by atoms with van der Waals surface area (Å²) in [5.41, 5.74) is 2.05. The van der Waals surface area contributed by atoms with Crippen LogP contribution in [0, 0.1) is 5.92 Å². The third kappa shape index (κ3) is 3.82. The molecule has 1 N–H and O–H groups in total. The zero-order valence-electron chi connectivity index (χ0n) is 16.5. The van der Waals surface area contributed by atoms with E-state index in [9.17, 15) is 9.59 Å². The Morgan fingerprint density at radius 3 is 2.67 bits per heavy atom. The highest BCUT2D eigenvalue weighted by Gasteiger charge is 2.44. The number of pyridine rings is 2. The lowest BCUT2D eigenvalue weighted by Crippen LogP contribution is -2.15. The Balaban J connectivity index is 1.33. The summed E-state index contributed by atoms with van der Waals surface area (Å²) in [5.74, 6) is 1.30. The molecule has 2 atom stereocenters. The average molecular weight is 420 g/mol. The van der Waals surface area contributed by atoms with E-state index in [0.29, 0.717) is 30.4 Å². The number of rotatable bonds is 4. The van der Waals surface area contributed by atoms with Crippen LogP contribution in [0.25, 0.3) is 10.8 Å². The highest BCUT2D eigenvalue weighted by molar-refractivity contribution is 6.32. The number of benzene rings is 1. The van der Waals surface area contributed by atoms with Crippen molar-refractivity contribution in [2.75, 3.05) is 5.32 Å². The second-order valence-corrected chi connectivity index (χ2v) is 8.70. The van der Waals surface area contributed by atoms with Gasteiger partial charge >= 0.3 is 0 Å². The number of halogens is 1. The average Bonchev–Trinajstić information content (AvgIpc) is 3.56. The predicted octanol–water partition coefficient (Wildman–Crippen LogP) is 5.25. The number of aromatic nitrogens is 2. The van der Waals surface area contributed by atoms with E-state index in [2.05, 4.69) is 21.4 Å². The van der Waals surface area contributed by atoms with Crippen molar-refractivity contribution in [1.82, 2.24) is 9.97 Å². The molecular weight excluding hydrogens is 398 g/mol. The van der Waals surface area contributed by atoms with E-state index in [0.717, 1.165) is 46.3 Å². The number of nitrogens with one attached hydrogen (secondary N) is 1. The van der Waals surface area contributed by atoms with Gasteiger partial charge in [-0.15, -0.1) is 0 Å². The first kappa shape index (κ1) is 19.2. The highest BCUT2D eigenvalue weighted by atomic mass is 35.5. The number of ketones is 1. The van der Waals surface area contributed by atoms with Gasteiger partial charge in [0.2, 0.25) is 5.91 Å². The van der Waals surface area contributed by atoms with E-state index in [1.807, 2.05) is 30.3 Å². The van der Waals surface area contributed by atoms with Crippen LogP contribution in [-0.2, 0) is 9.59 Å². The highest BCUT2D eigenvalue weighted by Crippen LogP contribution is 2.47. The van der Waals surface area contributed by atoms with Crippen molar-refractivity contribution in [2.24, 2.45) is 5.92 Å². The largest absolute Gasteiger partial charge is 0.310 e. The van der Waals surface area contributed by atoms with Gasteiger partial charge in [0.25, 0.3) is 0 Å². The van der Waals surface area contributed by atoms with Crippen LogP contribution in [0.2, 0.25) is 5.02 Å². The topological polar surface area (TPSA) is 72.0 Å². The third-order valence-electron chi connectivity index (χ3n) is 6.27. The summed E-state index contributed by atoms with van der Waals surface area (Å²) >= 11 is 6.53. The van der Waals surface area contributed by atoms with E-state index in [1.54, 1.807) is 12.4 Å². The van der Waals surface area contributed by atoms with Crippen molar-refractivity contribution in [1.29, 1.82) is 0 Å². The fourth-order valence-electron chi connectivity index (χ4n) is 4.44. The Kier molecular flexibility index (Phi) is 4.99. The van der Waals surface area contributed by atoms with Gasteiger partial charge in [-0.3, -0.25) is 14.6 Å². The summed E-state index contributed by atoms with van der Waals surface area (Å²) in [6.45, 7) is 0. The molecule has 2 heterocycles. The van der Waals surface area contributed by atoms with Gasteiger partial charge in [0.05, 0.1) is 0 Å². The SMILES string of the molecule is O=C1CCC(c2cc3cc(NC(=O)[C@@H]4CC4c4ccccn4)ncc3cc2Cl)CC1. The molecular formula is C24H22ClN3O2. The molecule has 152 valence electrons.